The minimum absolute atomic E-state index is 0.0749. The second-order valence-electron chi connectivity index (χ2n) is 6.52. The first-order valence-corrected chi connectivity index (χ1v) is 6.64. The summed E-state index contributed by atoms with van der Waals surface area (Å²) in [5, 5.41) is 3.13. The van der Waals surface area contributed by atoms with Gasteiger partial charge < -0.3 is 5.32 Å². The highest BCUT2D eigenvalue weighted by molar-refractivity contribution is 5.84. The van der Waals surface area contributed by atoms with E-state index in [1.54, 1.807) is 0 Å². The normalized spacial score (nSPS) is 22.3. The van der Waals surface area contributed by atoms with Gasteiger partial charge in [-0.2, -0.15) is 0 Å². The van der Waals surface area contributed by atoms with Crippen molar-refractivity contribution in [2.75, 3.05) is 0 Å². The number of nitrogens with one attached hydrogen (secondary N) is 1. The van der Waals surface area contributed by atoms with Crippen LogP contribution in [0, 0.1) is 16.7 Å². The van der Waals surface area contributed by atoms with Crippen LogP contribution in [-0.2, 0) is 4.79 Å². The molecule has 1 N–H and O–H groups in total. The molecule has 18 heavy (non-hydrogen) atoms. The van der Waals surface area contributed by atoms with Crippen molar-refractivity contribution < 1.29 is 4.79 Å². The fourth-order valence-corrected chi connectivity index (χ4v) is 2.97. The van der Waals surface area contributed by atoms with Crippen LogP contribution in [0.4, 0.5) is 0 Å². The molecule has 1 aromatic rings. The third-order valence-corrected chi connectivity index (χ3v) is 4.94. The van der Waals surface area contributed by atoms with Gasteiger partial charge in [0.25, 0.3) is 0 Å². The summed E-state index contributed by atoms with van der Waals surface area (Å²) in [7, 11) is 0. The molecule has 1 aliphatic carbocycles. The molecule has 1 amide bonds. The summed E-state index contributed by atoms with van der Waals surface area (Å²) < 4.78 is 0. The smallest absolute Gasteiger partial charge is 0.224 e. The lowest BCUT2D eigenvalue weighted by molar-refractivity contribution is -0.124. The number of amides is 1. The van der Waals surface area contributed by atoms with Gasteiger partial charge in [-0.3, -0.25) is 4.79 Å². The van der Waals surface area contributed by atoms with Gasteiger partial charge in [0.15, 0.2) is 0 Å². The van der Waals surface area contributed by atoms with Gasteiger partial charge in [-0.25, -0.2) is 0 Å². The van der Waals surface area contributed by atoms with E-state index in [1.807, 2.05) is 37.3 Å². The van der Waals surface area contributed by atoms with Crippen LogP contribution in [-0.4, -0.2) is 5.91 Å². The van der Waals surface area contributed by atoms with E-state index in [4.69, 9.17) is 0 Å². The molecule has 0 radical (unpaired) electrons. The average molecular weight is 245 g/mol. The van der Waals surface area contributed by atoms with E-state index in [2.05, 4.69) is 33.0 Å². The third-order valence-electron chi connectivity index (χ3n) is 4.94. The zero-order valence-electron chi connectivity index (χ0n) is 11.9. The molecule has 2 nitrogen and oxygen atoms in total. The fourth-order valence-electron chi connectivity index (χ4n) is 2.97. The standard InChI is InChI=1S/C16H23NO/c1-11(12-9-7-6-8-10-12)17-14(18)13-15(2,3)16(13,4)5/h6-11,13H,1-5H3,(H,17,18)/t11-/m1/s1. The summed E-state index contributed by atoms with van der Waals surface area (Å²) in [4.78, 5) is 12.3. The molecule has 2 heteroatoms. The Morgan fingerprint density at radius 2 is 1.61 bits per heavy atom. The first kappa shape index (κ1) is 13.1. The molecule has 0 aromatic heterocycles. The second-order valence-corrected chi connectivity index (χ2v) is 6.52. The minimum Gasteiger partial charge on any atom is -0.349 e. The SMILES string of the molecule is C[C@@H](NC(=O)C1C(C)(C)C1(C)C)c1ccccc1. The van der Waals surface area contributed by atoms with Gasteiger partial charge >= 0.3 is 0 Å². The van der Waals surface area contributed by atoms with Crippen LogP contribution in [0.2, 0.25) is 0 Å². The summed E-state index contributed by atoms with van der Waals surface area (Å²) >= 11 is 0. The first-order chi connectivity index (χ1) is 8.28. The van der Waals surface area contributed by atoms with E-state index in [1.165, 1.54) is 0 Å². The highest BCUT2D eigenvalue weighted by Gasteiger charge is 2.68. The highest BCUT2D eigenvalue weighted by atomic mass is 16.2. The zero-order chi connectivity index (χ0) is 13.6. The van der Waals surface area contributed by atoms with Crippen LogP contribution in [0.25, 0.3) is 0 Å². The van der Waals surface area contributed by atoms with Gasteiger partial charge in [-0.05, 0) is 23.3 Å². The topological polar surface area (TPSA) is 29.1 Å². The van der Waals surface area contributed by atoms with Gasteiger partial charge in [0.2, 0.25) is 5.91 Å². The van der Waals surface area contributed by atoms with Crippen molar-refractivity contribution in [1.29, 1.82) is 0 Å². The van der Waals surface area contributed by atoms with Crippen molar-refractivity contribution >= 4 is 5.91 Å². The van der Waals surface area contributed by atoms with Crippen molar-refractivity contribution in [2.24, 2.45) is 16.7 Å². The van der Waals surface area contributed by atoms with Crippen LogP contribution in [0.1, 0.15) is 46.2 Å². The van der Waals surface area contributed by atoms with Crippen molar-refractivity contribution in [3.63, 3.8) is 0 Å². The lowest BCUT2D eigenvalue weighted by Gasteiger charge is -2.15. The van der Waals surface area contributed by atoms with Crippen LogP contribution in [0.3, 0.4) is 0 Å². The Morgan fingerprint density at radius 1 is 1.11 bits per heavy atom. The number of rotatable bonds is 3. The molecular weight excluding hydrogens is 222 g/mol. The molecule has 1 fully saturated rings. The van der Waals surface area contributed by atoms with E-state index in [0.717, 1.165) is 5.56 Å². The molecule has 1 aliphatic rings. The highest BCUT2D eigenvalue weighted by Crippen LogP contribution is 2.68. The molecule has 2 rings (SSSR count). The Morgan fingerprint density at radius 3 is 2.06 bits per heavy atom. The van der Waals surface area contributed by atoms with Gasteiger partial charge in [0, 0.05) is 5.92 Å². The van der Waals surface area contributed by atoms with E-state index in [0.29, 0.717) is 0 Å². The van der Waals surface area contributed by atoms with Gasteiger partial charge in [0.05, 0.1) is 6.04 Å². The number of hydrogen-bond acceptors (Lipinski definition) is 1. The Kier molecular flexibility index (Phi) is 3.00. The molecule has 0 spiro atoms. The molecule has 0 unspecified atom stereocenters. The minimum atomic E-state index is 0.0749. The molecule has 1 saturated carbocycles. The number of carbonyl (C=O) groups excluding carboxylic acids is 1. The largest absolute Gasteiger partial charge is 0.349 e. The maximum absolute atomic E-state index is 12.3. The Labute approximate surface area is 110 Å². The summed E-state index contributed by atoms with van der Waals surface area (Å²) in [6.45, 7) is 10.7. The van der Waals surface area contributed by atoms with Crippen molar-refractivity contribution in [2.45, 2.75) is 40.7 Å². The maximum Gasteiger partial charge on any atom is 0.224 e. The summed E-state index contributed by atoms with van der Waals surface area (Å²) in [5.74, 6) is 0.303. The van der Waals surface area contributed by atoms with E-state index in [-0.39, 0.29) is 28.7 Å². The fraction of sp³-hybridized carbons (Fsp3) is 0.562. The molecule has 1 atom stereocenters. The Bertz CT molecular complexity index is 433. The van der Waals surface area contributed by atoms with Gasteiger partial charge in [-0.15, -0.1) is 0 Å². The Hall–Kier alpha value is -1.31. The molecule has 0 aliphatic heterocycles. The Balaban J connectivity index is 2.02. The molecular formula is C16H23NO. The third kappa shape index (κ3) is 1.94. The van der Waals surface area contributed by atoms with E-state index >= 15 is 0 Å². The lowest BCUT2D eigenvalue weighted by Crippen LogP contribution is -2.30. The predicted octanol–water partition coefficient (Wildman–Crippen LogP) is 3.55. The molecule has 0 bridgehead atoms. The number of hydrogen-bond donors (Lipinski definition) is 1. The monoisotopic (exact) mass is 245 g/mol. The van der Waals surface area contributed by atoms with Crippen LogP contribution in [0.15, 0.2) is 30.3 Å². The predicted molar refractivity (Wildman–Crippen MR) is 74.1 cm³/mol. The second kappa shape index (κ2) is 4.11. The summed E-state index contributed by atoms with van der Waals surface area (Å²) in [5.41, 5.74) is 1.36. The molecule has 0 heterocycles. The lowest BCUT2D eigenvalue weighted by atomic mass is 10.0. The van der Waals surface area contributed by atoms with Crippen molar-refractivity contribution in [3.8, 4) is 0 Å². The van der Waals surface area contributed by atoms with E-state index in [9.17, 15) is 4.79 Å². The summed E-state index contributed by atoms with van der Waals surface area (Å²) in [6, 6.07) is 10.2. The first-order valence-electron chi connectivity index (χ1n) is 6.64. The quantitative estimate of drug-likeness (QED) is 0.867. The van der Waals surface area contributed by atoms with Gasteiger partial charge in [0.1, 0.15) is 0 Å². The zero-order valence-corrected chi connectivity index (χ0v) is 11.9. The number of carbonyl (C=O) groups is 1. The number of benzene rings is 1. The summed E-state index contributed by atoms with van der Waals surface area (Å²) in [6.07, 6.45) is 0. The van der Waals surface area contributed by atoms with Gasteiger partial charge in [-0.1, -0.05) is 58.0 Å². The molecule has 98 valence electrons. The van der Waals surface area contributed by atoms with Crippen LogP contribution >= 0.6 is 0 Å². The molecule has 1 aromatic carbocycles. The average Bonchev–Trinajstić information content (AvgIpc) is 2.70. The van der Waals surface area contributed by atoms with Crippen LogP contribution < -0.4 is 5.32 Å². The van der Waals surface area contributed by atoms with Crippen molar-refractivity contribution in [3.05, 3.63) is 35.9 Å². The maximum atomic E-state index is 12.3. The van der Waals surface area contributed by atoms with E-state index < -0.39 is 0 Å². The van der Waals surface area contributed by atoms with Crippen LogP contribution in [0.5, 0.6) is 0 Å². The van der Waals surface area contributed by atoms with Crippen molar-refractivity contribution in [1.82, 2.24) is 5.32 Å². The molecule has 0 saturated heterocycles.